The lowest BCUT2D eigenvalue weighted by Crippen LogP contribution is -2.33. The molecule has 44 heavy (non-hydrogen) atoms. The van der Waals surface area contributed by atoms with Crippen molar-refractivity contribution in [3.8, 4) is 17.2 Å². The minimum Gasteiger partial charge on any atom is -0.493 e. The van der Waals surface area contributed by atoms with E-state index in [9.17, 15) is 14.4 Å². The highest BCUT2D eigenvalue weighted by Crippen LogP contribution is 2.40. The molecule has 0 unspecified atom stereocenters. The molecular weight excluding hydrogens is 582 g/mol. The van der Waals surface area contributed by atoms with Crippen LogP contribution in [0, 0.1) is 5.92 Å². The minimum absolute atomic E-state index is 0.00379. The number of hydrogen-bond donors (Lipinski definition) is 2. The van der Waals surface area contributed by atoms with Gasteiger partial charge in [-0.3, -0.25) is 9.59 Å². The molecule has 2 aromatic carbocycles. The van der Waals surface area contributed by atoms with Crippen molar-refractivity contribution >= 4 is 40.3 Å². The molecular formula is C33H39N3O7S. The fourth-order valence-electron chi connectivity index (χ4n) is 4.75. The molecule has 0 spiro atoms. The van der Waals surface area contributed by atoms with Crippen LogP contribution in [0.3, 0.4) is 0 Å². The van der Waals surface area contributed by atoms with Crippen LogP contribution in [0.25, 0.3) is 0 Å². The van der Waals surface area contributed by atoms with Crippen LogP contribution >= 0.6 is 11.3 Å². The SMILES string of the molecule is CCOC(=O)c1c(NC(=O)c2ccc(O[C@H](C)C(=O)N/N=C\c3ccc(OC(C)C)c(OC)c3)cc2)sc2c1CC[C@@H](C)C2. The van der Waals surface area contributed by atoms with Gasteiger partial charge in [-0.1, -0.05) is 6.92 Å². The molecule has 0 saturated carbocycles. The minimum atomic E-state index is -0.852. The number of benzene rings is 2. The summed E-state index contributed by atoms with van der Waals surface area (Å²) in [5.41, 5.74) is 5.02. The van der Waals surface area contributed by atoms with E-state index < -0.39 is 18.0 Å². The summed E-state index contributed by atoms with van der Waals surface area (Å²) in [4.78, 5) is 39.6. The molecule has 4 rings (SSSR count). The lowest BCUT2D eigenvalue weighted by molar-refractivity contribution is -0.127. The first kappa shape index (κ1) is 32.5. The van der Waals surface area contributed by atoms with Crippen LogP contribution in [0.4, 0.5) is 5.00 Å². The van der Waals surface area contributed by atoms with E-state index >= 15 is 0 Å². The molecule has 0 fully saturated rings. The maximum Gasteiger partial charge on any atom is 0.341 e. The van der Waals surface area contributed by atoms with Gasteiger partial charge >= 0.3 is 5.97 Å². The van der Waals surface area contributed by atoms with Gasteiger partial charge in [-0.2, -0.15) is 5.10 Å². The summed E-state index contributed by atoms with van der Waals surface area (Å²) in [7, 11) is 1.56. The molecule has 1 heterocycles. The molecule has 1 aliphatic rings. The number of carbonyl (C=O) groups excluding carboxylic acids is 3. The van der Waals surface area contributed by atoms with E-state index in [1.807, 2.05) is 13.8 Å². The number of ether oxygens (including phenoxy) is 4. The van der Waals surface area contributed by atoms with Gasteiger partial charge in [-0.05, 0) is 106 Å². The second kappa shape index (κ2) is 14.9. The van der Waals surface area contributed by atoms with E-state index in [-0.39, 0.29) is 18.6 Å². The molecule has 2 amide bonds. The van der Waals surface area contributed by atoms with Gasteiger partial charge in [0, 0.05) is 10.4 Å². The van der Waals surface area contributed by atoms with Crippen molar-refractivity contribution in [3.63, 3.8) is 0 Å². The average Bonchev–Trinajstić information content (AvgIpc) is 3.34. The van der Waals surface area contributed by atoms with Gasteiger partial charge in [0.05, 0.1) is 31.6 Å². The second-order valence-electron chi connectivity index (χ2n) is 10.8. The Labute approximate surface area is 261 Å². The monoisotopic (exact) mass is 621 g/mol. The summed E-state index contributed by atoms with van der Waals surface area (Å²) in [5.74, 6) is 0.902. The molecule has 0 aliphatic heterocycles. The fourth-order valence-corrected chi connectivity index (χ4v) is 6.15. The Morgan fingerprint density at radius 1 is 1.07 bits per heavy atom. The first-order valence-electron chi connectivity index (χ1n) is 14.7. The predicted octanol–water partition coefficient (Wildman–Crippen LogP) is 6.02. The van der Waals surface area contributed by atoms with Crippen molar-refractivity contribution in [2.75, 3.05) is 19.0 Å². The smallest absolute Gasteiger partial charge is 0.341 e. The van der Waals surface area contributed by atoms with Crippen LogP contribution < -0.4 is 25.0 Å². The van der Waals surface area contributed by atoms with Gasteiger partial charge in [0.15, 0.2) is 17.6 Å². The van der Waals surface area contributed by atoms with Gasteiger partial charge in [0.1, 0.15) is 10.8 Å². The van der Waals surface area contributed by atoms with Crippen LogP contribution in [0.15, 0.2) is 47.6 Å². The van der Waals surface area contributed by atoms with Crippen molar-refractivity contribution in [3.05, 3.63) is 69.6 Å². The van der Waals surface area contributed by atoms with E-state index in [1.165, 1.54) is 17.6 Å². The topological polar surface area (TPSA) is 125 Å². The van der Waals surface area contributed by atoms with Crippen molar-refractivity contribution < 1.29 is 33.3 Å². The second-order valence-corrected chi connectivity index (χ2v) is 11.9. The number of hydrogen-bond acceptors (Lipinski definition) is 9. The van der Waals surface area contributed by atoms with Crippen molar-refractivity contribution in [1.29, 1.82) is 0 Å². The van der Waals surface area contributed by atoms with Crippen LogP contribution in [-0.2, 0) is 22.4 Å². The Balaban J connectivity index is 1.35. The molecule has 2 N–H and O–H groups in total. The molecule has 11 heteroatoms. The van der Waals surface area contributed by atoms with E-state index in [1.54, 1.807) is 63.4 Å². The van der Waals surface area contributed by atoms with Gasteiger partial charge in [0.25, 0.3) is 11.8 Å². The Kier molecular flexibility index (Phi) is 11.0. The van der Waals surface area contributed by atoms with E-state index in [0.717, 1.165) is 29.7 Å². The standard InChI is InChI=1S/C33H39N3O7S/c1-7-41-33(39)29-25-14-8-20(4)16-28(25)44-32(29)35-31(38)23-10-12-24(13-11-23)43-21(5)30(37)36-34-18-22-9-15-26(42-19(2)3)27(17-22)40-6/h9-13,15,17-21H,7-8,14,16H2,1-6H3,(H,35,38)(H,36,37)/b34-18-/t20-,21-/m1/s1. The normalized spacial score (nSPS) is 14.9. The summed E-state index contributed by atoms with van der Waals surface area (Å²) in [6, 6.07) is 11.8. The molecule has 0 saturated heterocycles. The summed E-state index contributed by atoms with van der Waals surface area (Å²) in [6.07, 6.45) is 3.30. The van der Waals surface area contributed by atoms with Crippen LogP contribution in [0.5, 0.6) is 17.2 Å². The first-order chi connectivity index (χ1) is 21.1. The predicted molar refractivity (Wildman–Crippen MR) is 170 cm³/mol. The zero-order chi connectivity index (χ0) is 31.8. The van der Waals surface area contributed by atoms with Crippen LogP contribution in [0.1, 0.15) is 77.8 Å². The highest BCUT2D eigenvalue weighted by molar-refractivity contribution is 7.17. The van der Waals surface area contributed by atoms with Crippen molar-refractivity contribution in [2.45, 2.75) is 66.1 Å². The molecule has 0 bridgehead atoms. The van der Waals surface area contributed by atoms with E-state index in [2.05, 4.69) is 22.8 Å². The number of amides is 2. The zero-order valence-electron chi connectivity index (χ0n) is 25.9. The molecule has 234 valence electrons. The summed E-state index contributed by atoms with van der Waals surface area (Å²) in [6.45, 7) is 9.67. The maximum atomic E-state index is 13.1. The third-order valence-electron chi connectivity index (χ3n) is 6.96. The van der Waals surface area contributed by atoms with E-state index in [0.29, 0.717) is 44.9 Å². The van der Waals surface area contributed by atoms with Crippen LogP contribution in [-0.4, -0.2) is 49.9 Å². The van der Waals surface area contributed by atoms with Crippen LogP contribution in [0.2, 0.25) is 0 Å². The van der Waals surface area contributed by atoms with Crippen molar-refractivity contribution in [1.82, 2.24) is 5.43 Å². The zero-order valence-corrected chi connectivity index (χ0v) is 26.7. The number of esters is 1. The number of carbonyl (C=O) groups is 3. The lowest BCUT2D eigenvalue weighted by Gasteiger charge is -2.18. The number of rotatable bonds is 12. The van der Waals surface area contributed by atoms with E-state index in [4.69, 9.17) is 18.9 Å². The number of fused-ring (bicyclic) bond motifs is 1. The third kappa shape index (κ3) is 8.16. The number of hydrazone groups is 1. The van der Waals surface area contributed by atoms with Gasteiger partial charge in [0.2, 0.25) is 0 Å². The molecule has 0 radical (unpaired) electrons. The van der Waals surface area contributed by atoms with Gasteiger partial charge in [-0.15, -0.1) is 11.3 Å². The third-order valence-corrected chi connectivity index (χ3v) is 8.13. The number of anilines is 1. The Morgan fingerprint density at radius 2 is 1.82 bits per heavy atom. The fraction of sp³-hybridized carbons (Fsp3) is 0.394. The van der Waals surface area contributed by atoms with Gasteiger partial charge < -0.3 is 24.3 Å². The average molecular weight is 622 g/mol. The Bertz CT molecular complexity index is 1510. The number of nitrogens with zero attached hydrogens (tertiary/aromatic N) is 1. The molecule has 3 aromatic rings. The van der Waals surface area contributed by atoms with Gasteiger partial charge in [-0.25, -0.2) is 10.2 Å². The number of thiophene rings is 1. The maximum absolute atomic E-state index is 13.1. The molecule has 1 aromatic heterocycles. The number of methoxy groups -OCH3 is 1. The quantitative estimate of drug-likeness (QED) is 0.144. The summed E-state index contributed by atoms with van der Waals surface area (Å²) in [5, 5.41) is 7.45. The highest BCUT2D eigenvalue weighted by Gasteiger charge is 2.29. The Morgan fingerprint density at radius 3 is 2.50 bits per heavy atom. The lowest BCUT2D eigenvalue weighted by atomic mass is 9.88. The summed E-state index contributed by atoms with van der Waals surface area (Å²) < 4.78 is 22.1. The first-order valence-corrected chi connectivity index (χ1v) is 15.5. The molecule has 2 atom stereocenters. The number of nitrogens with one attached hydrogen (secondary N) is 2. The highest BCUT2D eigenvalue weighted by atomic mass is 32.1. The largest absolute Gasteiger partial charge is 0.493 e. The molecule has 10 nitrogen and oxygen atoms in total. The Hall–Kier alpha value is -4.38. The summed E-state index contributed by atoms with van der Waals surface area (Å²) >= 11 is 1.44. The molecule has 1 aliphatic carbocycles. The van der Waals surface area contributed by atoms with Crippen molar-refractivity contribution in [2.24, 2.45) is 11.0 Å².